The van der Waals surface area contributed by atoms with E-state index in [1.807, 2.05) is 12.3 Å². The smallest absolute Gasteiger partial charge is 0.201 e. The summed E-state index contributed by atoms with van der Waals surface area (Å²) < 4.78 is 0. The topological polar surface area (TPSA) is 54.5 Å². The van der Waals surface area contributed by atoms with Crippen molar-refractivity contribution in [3.05, 3.63) is 17.8 Å². The minimum absolute atomic E-state index is 0.452. The number of halogens is 1. The summed E-state index contributed by atoms with van der Waals surface area (Å²) in [5, 5.41) is 11.3. The summed E-state index contributed by atoms with van der Waals surface area (Å²) in [5.41, 5.74) is 2.68. The van der Waals surface area contributed by atoms with Gasteiger partial charge in [-0.05, 0) is 17.5 Å². The number of pyridine rings is 1. The maximum atomic E-state index is 4.18. The van der Waals surface area contributed by atoms with E-state index >= 15 is 0 Å². The van der Waals surface area contributed by atoms with Crippen LogP contribution >= 0.6 is 15.9 Å². The maximum Gasteiger partial charge on any atom is 0.201 e. The number of hydrogen-bond donors (Lipinski definition) is 1. The Kier molecular flexibility index (Phi) is 2.26. The predicted octanol–water partition coefficient (Wildman–Crippen LogP) is 1.85. The van der Waals surface area contributed by atoms with Gasteiger partial charge in [0.05, 0.1) is 0 Å². The Balaban J connectivity index is 2.48. The predicted molar refractivity (Wildman–Crippen MR) is 53.9 cm³/mol. The van der Waals surface area contributed by atoms with Crippen LogP contribution in [0.5, 0.6) is 0 Å². The van der Waals surface area contributed by atoms with Gasteiger partial charge >= 0.3 is 0 Å². The molecule has 0 aromatic carbocycles. The van der Waals surface area contributed by atoms with Gasteiger partial charge < -0.3 is 0 Å². The van der Waals surface area contributed by atoms with Crippen molar-refractivity contribution in [3.8, 4) is 0 Å². The molecule has 1 atom stereocenters. The van der Waals surface area contributed by atoms with Crippen molar-refractivity contribution in [1.29, 1.82) is 0 Å². The first-order valence-corrected chi connectivity index (χ1v) is 5.16. The molecule has 68 valence electrons. The first kappa shape index (κ1) is 8.62. The van der Waals surface area contributed by atoms with E-state index in [4.69, 9.17) is 0 Å². The second kappa shape index (κ2) is 3.41. The van der Waals surface area contributed by atoms with Crippen LogP contribution in [0.1, 0.15) is 18.4 Å². The minimum atomic E-state index is 0.452. The number of nitrogens with zero attached hydrogens (tertiary/aromatic N) is 3. The Hall–Kier alpha value is -0.970. The third kappa shape index (κ3) is 1.56. The van der Waals surface area contributed by atoms with Crippen LogP contribution in [-0.4, -0.2) is 25.7 Å². The Morgan fingerprint density at radius 2 is 2.38 bits per heavy atom. The average Bonchev–Trinajstić information content (AvgIpc) is 2.63. The Morgan fingerprint density at radius 3 is 3.15 bits per heavy atom. The maximum absolute atomic E-state index is 4.18. The molecule has 13 heavy (non-hydrogen) atoms. The lowest BCUT2D eigenvalue weighted by molar-refractivity contribution is 0.882. The number of fused-ring (bicyclic) bond motifs is 1. The van der Waals surface area contributed by atoms with Crippen molar-refractivity contribution in [2.75, 3.05) is 5.33 Å². The molecule has 0 aliphatic carbocycles. The number of nitrogens with one attached hydrogen (secondary N) is 1. The molecule has 0 aliphatic heterocycles. The van der Waals surface area contributed by atoms with Gasteiger partial charge in [0.1, 0.15) is 5.52 Å². The summed E-state index contributed by atoms with van der Waals surface area (Å²) in [7, 11) is 0. The molecule has 0 radical (unpaired) electrons. The zero-order valence-corrected chi connectivity index (χ0v) is 8.74. The van der Waals surface area contributed by atoms with Crippen LogP contribution in [0, 0.1) is 0 Å². The molecule has 2 aromatic rings. The highest BCUT2D eigenvalue weighted by atomic mass is 79.9. The molecular formula is C8H9BrN4. The van der Waals surface area contributed by atoms with Crippen molar-refractivity contribution in [3.63, 3.8) is 0 Å². The number of hydrogen-bond acceptors (Lipinski definition) is 3. The molecule has 0 saturated heterocycles. The van der Waals surface area contributed by atoms with Gasteiger partial charge in [0.2, 0.25) is 5.65 Å². The lowest BCUT2D eigenvalue weighted by atomic mass is 10.1. The quantitative estimate of drug-likeness (QED) is 0.816. The van der Waals surface area contributed by atoms with Gasteiger partial charge in [-0.15, -0.1) is 5.10 Å². The number of H-pyrrole nitrogens is 1. The van der Waals surface area contributed by atoms with E-state index < -0.39 is 0 Å². The molecule has 0 amide bonds. The SMILES string of the molecule is CC(CBr)c1cnc2n[nH]nc2c1. The fraction of sp³-hybridized carbons (Fsp3) is 0.375. The van der Waals surface area contributed by atoms with Crippen LogP contribution in [0.25, 0.3) is 11.2 Å². The Morgan fingerprint density at radius 1 is 1.54 bits per heavy atom. The van der Waals surface area contributed by atoms with Gasteiger partial charge in [0.15, 0.2) is 0 Å². The van der Waals surface area contributed by atoms with Crippen molar-refractivity contribution in [1.82, 2.24) is 20.4 Å². The molecule has 0 spiro atoms. The van der Waals surface area contributed by atoms with Gasteiger partial charge in [-0.2, -0.15) is 10.3 Å². The number of aromatic nitrogens is 4. The van der Waals surface area contributed by atoms with Crippen molar-refractivity contribution in [2.45, 2.75) is 12.8 Å². The van der Waals surface area contributed by atoms with Crippen LogP contribution in [-0.2, 0) is 0 Å². The number of aromatic amines is 1. The van der Waals surface area contributed by atoms with E-state index in [0.717, 1.165) is 10.8 Å². The van der Waals surface area contributed by atoms with E-state index in [2.05, 4.69) is 43.2 Å². The van der Waals surface area contributed by atoms with Gasteiger partial charge in [-0.1, -0.05) is 22.9 Å². The normalized spacial score (nSPS) is 13.4. The minimum Gasteiger partial charge on any atom is -0.233 e. The molecule has 2 aromatic heterocycles. The van der Waals surface area contributed by atoms with Gasteiger partial charge in [0.25, 0.3) is 0 Å². The molecule has 2 heterocycles. The summed E-state index contributed by atoms with van der Waals surface area (Å²) in [6.07, 6.45) is 1.84. The molecule has 4 nitrogen and oxygen atoms in total. The second-order valence-corrected chi connectivity index (χ2v) is 3.64. The first-order chi connectivity index (χ1) is 6.31. The Labute approximate surface area is 83.9 Å². The van der Waals surface area contributed by atoms with E-state index in [1.165, 1.54) is 5.56 Å². The Bertz CT molecular complexity index is 411. The lowest BCUT2D eigenvalue weighted by Gasteiger charge is -2.05. The summed E-state index contributed by atoms with van der Waals surface area (Å²) >= 11 is 3.43. The zero-order chi connectivity index (χ0) is 9.26. The molecule has 1 unspecified atom stereocenters. The second-order valence-electron chi connectivity index (χ2n) is 2.99. The fourth-order valence-electron chi connectivity index (χ4n) is 1.11. The molecule has 0 aliphatic rings. The van der Waals surface area contributed by atoms with E-state index in [9.17, 15) is 0 Å². The highest BCUT2D eigenvalue weighted by Gasteiger charge is 2.06. The fourth-order valence-corrected chi connectivity index (χ4v) is 1.49. The molecule has 2 rings (SSSR count). The first-order valence-electron chi connectivity index (χ1n) is 4.03. The summed E-state index contributed by atoms with van der Waals surface area (Å²) in [5.74, 6) is 0.452. The highest BCUT2D eigenvalue weighted by Crippen LogP contribution is 2.18. The largest absolute Gasteiger partial charge is 0.233 e. The van der Waals surface area contributed by atoms with Gasteiger partial charge in [0, 0.05) is 11.5 Å². The standard InChI is InChI=1S/C8H9BrN4/c1-5(3-9)6-2-7-8(10-4-6)12-13-11-7/h2,4-5H,3H2,1H3,(H,10,11,12,13). The van der Waals surface area contributed by atoms with Crippen LogP contribution in [0.15, 0.2) is 12.3 Å². The molecule has 1 N–H and O–H groups in total. The third-order valence-corrected chi connectivity index (χ3v) is 2.97. The number of alkyl halides is 1. The average molecular weight is 241 g/mol. The van der Waals surface area contributed by atoms with Crippen LogP contribution in [0.3, 0.4) is 0 Å². The molecule has 0 saturated carbocycles. The molecule has 0 bridgehead atoms. The van der Waals surface area contributed by atoms with Gasteiger partial charge in [-0.25, -0.2) is 4.98 Å². The molecule has 5 heteroatoms. The summed E-state index contributed by atoms with van der Waals surface area (Å²) in [6.45, 7) is 2.14. The third-order valence-electron chi connectivity index (χ3n) is 2.00. The van der Waals surface area contributed by atoms with E-state index in [1.54, 1.807) is 0 Å². The van der Waals surface area contributed by atoms with Crippen LogP contribution < -0.4 is 0 Å². The van der Waals surface area contributed by atoms with Crippen LogP contribution in [0.4, 0.5) is 0 Å². The van der Waals surface area contributed by atoms with Crippen molar-refractivity contribution < 1.29 is 0 Å². The molecule has 0 fully saturated rings. The van der Waals surface area contributed by atoms with Gasteiger partial charge in [-0.3, -0.25) is 0 Å². The monoisotopic (exact) mass is 240 g/mol. The summed E-state index contributed by atoms with van der Waals surface area (Å²) in [4.78, 5) is 4.18. The van der Waals surface area contributed by atoms with E-state index in [-0.39, 0.29) is 0 Å². The van der Waals surface area contributed by atoms with E-state index in [0.29, 0.717) is 11.6 Å². The van der Waals surface area contributed by atoms with Crippen molar-refractivity contribution in [2.24, 2.45) is 0 Å². The van der Waals surface area contributed by atoms with Crippen LogP contribution in [0.2, 0.25) is 0 Å². The highest BCUT2D eigenvalue weighted by molar-refractivity contribution is 9.09. The zero-order valence-electron chi connectivity index (χ0n) is 7.16. The van der Waals surface area contributed by atoms with Crippen molar-refractivity contribution >= 4 is 27.1 Å². The molecular weight excluding hydrogens is 232 g/mol. The summed E-state index contributed by atoms with van der Waals surface area (Å²) in [6, 6.07) is 2.01. The lowest BCUT2D eigenvalue weighted by Crippen LogP contribution is -1.95. The number of rotatable bonds is 2.